The van der Waals surface area contributed by atoms with Crippen LogP contribution in [0.2, 0.25) is 0 Å². The van der Waals surface area contributed by atoms with E-state index < -0.39 is 0 Å². The zero-order valence-corrected chi connectivity index (χ0v) is 12.2. The Labute approximate surface area is 116 Å². The molecule has 0 amide bonds. The predicted octanol–water partition coefficient (Wildman–Crippen LogP) is 2.91. The van der Waals surface area contributed by atoms with E-state index in [1.807, 2.05) is 0 Å². The van der Waals surface area contributed by atoms with Crippen molar-refractivity contribution in [2.24, 2.45) is 5.92 Å². The number of anilines is 1. The summed E-state index contributed by atoms with van der Waals surface area (Å²) in [5.74, 6) is 1.68. The maximum atomic E-state index is 5.75. The molecule has 0 atom stereocenters. The highest BCUT2D eigenvalue weighted by Crippen LogP contribution is 2.20. The fraction of sp³-hybridized carbons (Fsp3) is 0.625. The minimum Gasteiger partial charge on any atom is -0.494 e. The molecule has 0 unspecified atom stereocenters. The summed E-state index contributed by atoms with van der Waals surface area (Å²) in [5.41, 5.74) is 1.31. The molecule has 0 radical (unpaired) electrons. The lowest BCUT2D eigenvalue weighted by Crippen LogP contribution is -2.27. The monoisotopic (exact) mass is 262 g/mol. The van der Waals surface area contributed by atoms with E-state index in [1.165, 1.54) is 12.1 Å². The van der Waals surface area contributed by atoms with Gasteiger partial charge in [0, 0.05) is 25.3 Å². The molecule has 0 aliphatic carbocycles. The van der Waals surface area contributed by atoms with Crippen molar-refractivity contribution in [1.29, 1.82) is 0 Å². The van der Waals surface area contributed by atoms with E-state index in [0.29, 0.717) is 5.92 Å². The Morgan fingerprint density at radius 2 is 1.95 bits per heavy atom. The van der Waals surface area contributed by atoms with Crippen LogP contribution < -0.4 is 15.0 Å². The van der Waals surface area contributed by atoms with Gasteiger partial charge in [-0.15, -0.1) is 0 Å². The highest BCUT2D eigenvalue weighted by molar-refractivity contribution is 5.49. The van der Waals surface area contributed by atoms with E-state index >= 15 is 0 Å². The summed E-state index contributed by atoms with van der Waals surface area (Å²) in [6.07, 6.45) is 2.33. The molecule has 1 aromatic rings. The van der Waals surface area contributed by atoms with Crippen molar-refractivity contribution in [2.75, 3.05) is 37.7 Å². The van der Waals surface area contributed by atoms with Crippen LogP contribution in [0.4, 0.5) is 5.69 Å². The van der Waals surface area contributed by atoms with Crippen LogP contribution in [0, 0.1) is 5.92 Å². The minimum atomic E-state index is 0.698. The van der Waals surface area contributed by atoms with Gasteiger partial charge in [0.2, 0.25) is 0 Å². The topological polar surface area (TPSA) is 24.5 Å². The van der Waals surface area contributed by atoms with Crippen LogP contribution >= 0.6 is 0 Å². The highest BCUT2D eigenvalue weighted by Gasteiger charge is 2.09. The molecule has 0 bridgehead atoms. The zero-order chi connectivity index (χ0) is 13.5. The van der Waals surface area contributed by atoms with Crippen molar-refractivity contribution in [3.05, 3.63) is 24.3 Å². The fourth-order valence-electron chi connectivity index (χ4n) is 2.27. The third-order valence-electron chi connectivity index (χ3n) is 3.51. The number of ether oxygens (including phenoxy) is 1. The molecule has 106 valence electrons. The van der Waals surface area contributed by atoms with E-state index in [-0.39, 0.29) is 0 Å². The molecule has 1 saturated heterocycles. The number of rotatable bonds is 5. The van der Waals surface area contributed by atoms with Crippen LogP contribution in [0.3, 0.4) is 0 Å². The van der Waals surface area contributed by atoms with Gasteiger partial charge in [0.15, 0.2) is 0 Å². The van der Waals surface area contributed by atoms with Crippen molar-refractivity contribution < 1.29 is 4.74 Å². The Kier molecular flexibility index (Phi) is 5.52. The number of nitrogens with zero attached hydrogens (tertiary/aromatic N) is 1. The lowest BCUT2D eigenvalue weighted by Gasteiger charge is -2.22. The van der Waals surface area contributed by atoms with Crippen LogP contribution in [0.25, 0.3) is 0 Å². The van der Waals surface area contributed by atoms with E-state index in [2.05, 4.69) is 48.3 Å². The van der Waals surface area contributed by atoms with E-state index in [0.717, 1.165) is 45.0 Å². The molecule has 0 aromatic heterocycles. The molecule has 1 aromatic carbocycles. The number of nitrogens with one attached hydrogen (secondary N) is 1. The summed E-state index contributed by atoms with van der Waals surface area (Å²) in [4.78, 5) is 2.44. The highest BCUT2D eigenvalue weighted by atomic mass is 16.5. The molecule has 3 heteroatoms. The van der Waals surface area contributed by atoms with Gasteiger partial charge in [-0.25, -0.2) is 0 Å². The quantitative estimate of drug-likeness (QED) is 0.883. The van der Waals surface area contributed by atoms with E-state index in [1.54, 1.807) is 0 Å². The first-order chi connectivity index (χ1) is 9.25. The van der Waals surface area contributed by atoms with Crippen LogP contribution in [0.5, 0.6) is 5.75 Å². The van der Waals surface area contributed by atoms with Crippen LogP contribution in [0.15, 0.2) is 24.3 Å². The van der Waals surface area contributed by atoms with Crippen molar-refractivity contribution in [3.63, 3.8) is 0 Å². The lowest BCUT2D eigenvalue weighted by molar-refractivity contribution is 0.289. The summed E-state index contributed by atoms with van der Waals surface area (Å²) >= 11 is 0. The fourth-order valence-corrected chi connectivity index (χ4v) is 2.27. The average Bonchev–Trinajstić information content (AvgIpc) is 2.68. The Bertz CT molecular complexity index is 354. The van der Waals surface area contributed by atoms with Gasteiger partial charge in [-0.1, -0.05) is 13.8 Å². The van der Waals surface area contributed by atoms with Gasteiger partial charge >= 0.3 is 0 Å². The average molecular weight is 262 g/mol. The minimum absolute atomic E-state index is 0.698. The van der Waals surface area contributed by atoms with Gasteiger partial charge in [-0.3, -0.25) is 0 Å². The molecule has 2 rings (SSSR count). The molecule has 1 aliphatic rings. The second-order valence-corrected chi connectivity index (χ2v) is 5.62. The van der Waals surface area contributed by atoms with Gasteiger partial charge in [-0.05, 0) is 49.6 Å². The molecule has 0 saturated carbocycles. The zero-order valence-electron chi connectivity index (χ0n) is 12.2. The molecule has 0 spiro atoms. The summed E-state index contributed by atoms with van der Waals surface area (Å²) in [7, 11) is 0. The second kappa shape index (κ2) is 7.39. The van der Waals surface area contributed by atoms with Crippen LogP contribution in [0.1, 0.15) is 26.7 Å². The standard InChI is InChI=1S/C16H26N2O/c1-14(2)8-13-19-16-6-4-15(5-7-16)18-11-3-9-17-10-12-18/h4-7,14,17H,3,8-13H2,1-2H3. The van der Waals surface area contributed by atoms with E-state index in [4.69, 9.17) is 4.74 Å². The van der Waals surface area contributed by atoms with Crippen LogP contribution in [-0.4, -0.2) is 32.8 Å². The first kappa shape index (κ1) is 14.2. The van der Waals surface area contributed by atoms with Crippen molar-refractivity contribution in [2.45, 2.75) is 26.7 Å². The predicted molar refractivity (Wildman–Crippen MR) is 81.1 cm³/mol. The van der Waals surface area contributed by atoms with E-state index in [9.17, 15) is 0 Å². The maximum Gasteiger partial charge on any atom is 0.119 e. The summed E-state index contributed by atoms with van der Waals surface area (Å²) in [6, 6.07) is 8.54. The SMILES string of the molecule is CC(C)CCOc1ccc(N2CCCNCC2)cc1. The van der Waals surface area contributed by atoms with Gasteiger partial charge < -0.3 is 15.0 Å². The maximum absolute atomic E-state index is 5.75. The molecule has 1 fully saturated rings. The summed E-state index contributed by atoms with van der Waals surface area (Å²) in [5, 5.41) is 3.43. The van der Waals surface area contributed by atoms with Crippen molar-refractivity contribution in [3.8, 4) is 5.75 Å². The smallest absolute Gasteiger partial charge is 0.119 e. The Balaban J connectivity index is 1.86. The third kappa shape index (κ3) is 4.75. The second-order valence-electron chi connectivity index (χ2n) is 5.62. The Hall–Kier alpha value is -1.22. The number of benzene rings is 1. The molecular formula is C16H26N2O. The Morgan fingerprint density at radius 1 is 1.16 bits per heavy atom. The molecule has 3 nitrogen and oxygen atoms in total. The molecule has 1 heterocycles. The molecule has 1 aliphatic heterocycles. The number of hydrogen-bond donors (Lipinski definition) is 1. The van der Waals surface area contributed by atoms with Gasteiger partial charge in [0.25, 0.3) is 0 Å². The van der Waals surface area contributed by atoms with Gasteiger partial charge in [0.05, 0.1) is 6.61 Å². The Morgan fingerprint density at radius 3 is 2.68 bits per heavy atom. The van der Waals surface area contributed by atoms with Crippen molar-refractivity contribution >= 4 is 5.69 Å². The summed E-state index contributed by atoms with van der Waals surface area (Å²) < 4.78 is 5.75. The molecule has 1 N–H and O–H groups in total. The van der Waals surface area contributed by atoms with Crippen LogP contribution in [-0.2, 0) is 0 Å². The molecular weight excluding hydrogens is 236 g/mol. The lowest BCUT2D eigenvalue weighted by atomic mass is 10.1. The normalized spacial score (nSPS) is 16.5. The molecule has 19 heavy (non-hydrogen) atoms. The van der Waals surface area contributed by atoms with Gasteiger partial charge in [-0.2, -0.15) is 0 Å². The largest absolute Gasteiger partial charge is 0.494 e. The third-order valence-corrected chi connectivity index (χ3v) is 3.51. The first-order valence-electron chi connectivity index (χ1n) is 7.44. The number of hydrogen-bond acceptors (Lipinski definition) is 3. The first-order valence-corrected chi connectivity index (χ1v) is 7.44. The van der Waals surface area contributed by atoms with Crippen molar-refractivity contribution in [1.82, 2.24) is 5.32 Å². The van der Waals surface area contributed by atoms with Gasteiger partial charge in [0.1, 0.15) is 5.75 Å². The summed E-state index contributed by atoms with van der Waals surface area (Å²) in [6.45, 7) is 9.69.